The molecule has 0 radical (unpaired) electrons. The number of hydrogen-bond acceptors (Lipinski definition) is 6. The second-order valence-electron chi connectivity index (χ2n) is 11.1. The van der Waals surface area contributed by atoms with Gasteiger partial charge in [-0.15, -0.1) is 0 Å². The summed E-state index contributed by atoms with van der Waals surface area (Å²) in [4.78, 5) is 0.0892. The molecule has 0 spiro atoms. The van der Waals surface area contributed by atoms with E-state index < -0.39 is 30.1 Å². The summed E-state index contributed by atoms with van der Waals surface area (Å²) in [5.74, 6) is 0. The molecule has 1 aliphatic rings. The van der Waals surface area contributed by atoms with Crippen LogP contribution in [0.1, 0.15) is 0 Å². The molecule has 47 heavy (non-hydrogen) atoms. The van der Waals surface area contributed by atoms with Crippen molar-refractivity contribution < 1.29 is 34.4 Å². The summed E-state index contributed by atoms with van der Waals surface area (Å²) in [6, 6.07) is 37.4. The average molecular weight is 681 g/mol. The van der Waals surface area contributed by atoms with Crippen molar-refractivity contribution in [1.29, 1.82) is 0 Å². The fourth-order valence-electron chi connectivity index (χ4n) is 5.76. The van der Waals surface area contributed by atoms with Crippen LogP contribution in [0.2, 0.25) is 0 Å². The van der Waals surface area contributed by atoms with Gasteiger partial charge in [0, 0.05) is 11.1 Å². The summed E-state index contributed by atoms with van der Waals surface area (Å²) in [5.41, 5.74) is 7.52. The Hall–Kier alpha value is -4.91. The minimum absolute atomic E-state index is 0.188. The normalized spacial score (nSPS) is 13.6. The van der Waals surface area contributed by atoms with Crippen LogP contribution in [-0.4, -0.2) is 34.4 Å². The highest BCUT2D eigenvalue weighted by Gasteiger charge is 2.33. The van der Waals surface area contributed by atoms with Gasteiger partial charge in [-0.3, -0.25) is 9.11 Å². The zero-order chi connectivity index (χ0) is 33.1. The molecule has 6 aromatic carbocycles. The van der Waals surface area contributed by atoms with Gasteiger partial charge in [0.1, 0.15) is 0 Å². The van der Waals surface area contributed by atoms with Crippen molar-refractivity contribution in [2.75, 3.05) is 0 Å². The first-order chi connectivity index (χ1) is 22.3. The van der Waals surface area contributed by atoms with Gasteiger partial charge in [-0.25, -0.2) is 8.42 Å². The SMILES string of the molecule is O=S(=O)(O)c1ccc(-c2ccc(-c3ccc4c(c3)S(=O)(=O)c3cc(-c5ccc(-c6ccc(S(=O)(=O)O)cc6)cc5)ccc3-4)cc2)cc1. The van der Waals surface area contributed by atoms with Crippen LogP contribution in [-0.2, 0) is 30.1 Å². The maximum atomic E-state index is 13.8. The van der Waals surface area contributed by atoms with Crippen LogP contribution in [0, 0.1) is 0 Å². The second-order valence-corrected chi connectivity index (χ2v) is 15.8. The van der Waals surface area contributed by atoms with Gasteiger partial charge in [0.25, 0.3) is 20.2 Å². The van der Waals surface area contributed by atoms with E-state index in [0.29, 0.717) is 11.1 Å². The van der Waals surface area contributed by atoms with E-state index in [1.807, 2.05) is 72.8 Å². The van der Waals surface area contributed by atoms with Crippen molar-refractivity contribution >= 4 is 30.1 Å². The Morgan fingerprint density at radius 2 is 0.596 bits per heavy atom. The molecule has 2 N–H and O–H groups in total. The largest absolute Gasteiger partial charge is 0.294 e. The summed E-state index contributed by atoms with van der Waals surface area (Å²) in [7, 11) is -12.4. The molecule has 8 nitrogen and oxygen atoms in total. The molecule has 0 saturated heterocycles. The van der Waals surface area contributed by atoms with Crippen molar-refractivity contribution in [3.05, 3.63) is 133 Å². The summed E-state index contributed by atoms with van der Waals surface area (Å²) in [6.45, 7) is 0. The van der Waals surface area contributed by atoms with E-state index in [1.165, 1.54) is 24.3 Å². The number of sulfone groups is 1. The molecule has 0 saturated carbocycles. The van der Waals surface area contributed by atoms with E-state index in [-0.39, 0.29) is 19.6 Å². The average Bonchev–Trinajstić information content (AvgIpc) is 3.29. The van der Waals surface area contributed by atoms with Gasteiger partial charge in [-0.1, -0.05) is 97.1 Å². The van der Waals surface area contributed by atoms with Crippen molar-refractivity contribution in [2.24, 2.45) is 0 Å². The Kier molecular flexibility index (Phi) is 7.27. The van der Waals surface area contributed by atoms with E-state index in [9.17, 15) is 34.4 Å². The first-order valence-electron chi connectivity index (χ1n) is 14.2. The first kappa shape index (κ1) is 30.7. The van der Waals surface area contributed by atoms with Gasteiger partial charge >= 0.3 is 0 Å². The van der Waals surface area contributed by atoms with Crippen LogP contribution >= 0.6 is 0 Å². The molecule has 0 fully saturated rings. The van der Waals surface area contributed by atoms with E-state index in [0.717, 1.165) is 44.5 Å². The Labute approximate surface area is 272 Å². The number of fused-ring (bicyclic) bond motifs is 3. The van der Waals surface area contributed by atoms with Crippen LogP contribution in [0.4, 0.5) is 0 Å². The van der Waals surface area contributed by atoms with Gasteiger partial charge in [0.05, 0.1) is 19.6 Å². The van der Waals surface area contributed by atoms with Gasteiger partial charge in [0.2, 0.25) is 9.84 Å². The summed E-state index contributed by atoms with van der Waals surface area (Å²) >= 11 is 0. The summed E-state index contributed by atoms with van der Waals surface area (Å²) in [6.07, 6.45) is 0. The lowest BCUT2D eigenvalue weighted by atomic mass is 9.96. The molecular formula is C36H24O8S3. The van der Waals surface area contributed by atoms with Crippen molar-refractivity contribution in [3.8, 4) is 55.6 Å². The van der Waals surface area contributed by atoms with Crippen molar-refractivity contribution in [2.45, 2.75) is 19.6 Å². The molecule has 6 aromatic rings. The van der Waals surface area contributed by atoms with Crippen molar-refractivity contribution in [3.63, 3.8) is 0 Å². The molecule has 7 rings (SSSR count). The third-order valence-corrected chi connectivity index (χ3v) is 11.8. The monoisotopic (exact) mass is 680 g/mol. The maximum absolute atomic E-state index is 13.8. The van der Waals surface area contributed by atoms with E-state index in [1.54, 1.807) is 36.4 Å². The first-order valence-corrected chi connectivity index (χ1v) is 18.6. The quantitative estimate of drug-likeness (QED) is 0.171. The van der Waals surface area contributed by atoms with E-state index in [4.69, 9.17) is 0 Å². The molecule has 0 aromatic heterocycles. The fourth-order valence-corrected chi connectivity index (χ4v) is 8.46. The van der Waals surface area contributed by atoms with Gasteiger partial charge in [-0.2, -0.15) is 16.8 Å². The van der Waals surface area contributed by atoms with E-state index in [2.05, 4.69) is 0 Å². The molecule has 234 valence electrons. The molecule has 0 bridgehead atoms. The maximum Gasteiger partial charge on any atom is 0.294 e. The Bertz CT molecular complexity index is 2350. The van der Waals surface area contributed by atoms with E-state index >= 15 is 0 Å². The van der Waals surface area contributed by atoms with Crippen LogP contribution < -0.4 is 0 Å². The number of hydrogen-bond donors (Lipinski definition) is 2. The molecule has 0 unspecified atom stereocenters. The predicted octanol–water partition coefficient (Wildman–Crippen LogP) is 7.66. The molecule has 0 atom stereocenters. The van der Waals surface area contributed by atoms with Gasteiger partial charge < -0.3 is 0 Å². The summed E-state index contributed by atoms with van der Waals surface area (Å²) in [5, 5.41) is 0. The van der Waals surface area contributed by atoms with Gasteiger partial charge in [0.15, 0.2) is 0 Å². The third-order valence-electron chi connectivity index (χ3n) is 8.24. The lowest BCUT2D eigenvalue weighted by Gasteiger charge is -2.08. The highest BCUT2D eigenvalue weighted by atomic mass is 32.2. The van der Waals surface area contributed by atoms with Crippen LogP contribution in [0.5, 0.6) is 0 Å². The molecule has 11 heteroatoms. The summed E-state index contributed by atoms with van der Waals surface area (Å²) < 4.78 is 91.4. The Morgan fingerprint density at radius 3 is 0.872 bits per heavy atom. The predicted molar refractivity (Wildman–Crippen MR) is 179 cm³/mol. The lowest BCUT2D eigenvalue weighted by Crippen LogP contribution is -1.97. The zero-order valence-electron chi connectivity index (χ0n) is 24.3. The fraction of sp³-hybridized carbons (Fsp3) is 0. The van der Waals surface area contributed by atoms with Crippen LogP contribution in [0.25, 0.3) is 55.6 Å². The highest BCUT2D eigenvalue weighted by Crippen LogP contribution is 2.46. The standard InChI is InChI=1S/C36H24O8S3/c37-45(38)35-21-29(27-5-1-23(2-6-27)25-9-15-31(16-10-25)46(39,40)41)13-19-33(35)34-20-14-30(22-36(34)45)28-7-3-24(4-8-28)26-11-17-32(18-12-26)47(42,43)44/h1-22H,(H,39,40,41)(H,42,43,44). The zero-order valence-corrected chi connectivity index (χ0v) is 26.7. The van der Waals surface area contributed by atoms with Crippen LogP contribution in [0.15, 0.2) is 153 Å². The minimum atomic E-state index is -4.28. The molecular weight excluding hydrogens is 657 g/mol. The topological polar surface area (TPSA) is 143 Å². The third kappa shape index (κ3) is 5.69. The Morgan fingerprint density at radius 1 is 0.362 bits per heavy atom. The lowest BCUT2D eigenvalue weighted by molar-refractivity contribution is 0.481. The highest BCUT2D eigenvalue weighted by molar-refractivity contribution is 7.92. The van der Waals surface area contributed by atoms with Crippen molar-refractivity contribution in [1.82, 2.24) is 0 Å². The Balaban J connectivity index is 1.14. The molecule has 1 heterocycles. The molecule has 0 amide bonds. The molecule has 1 aliphatic heterocycles. The van der Waals surface area contributed by atoms with Crippen LogP contribution in [0.3, 0.4) is 0 Å². The number of rotatable bonds is 6. The smallest absolute Gasteiger partial charge is 0.282 e. The molecule has 0 aliphatic carbocycles. The van der Waals surface area contributed by atoms with Gasteiger partial charge in [-0.05, 0) is 80.9 Å². The minimum Gasteiger partial charge on any atom is -0.282 e. The second kappa shape index (κ2) is 11.1. The number of benzene rings is 6.